The number of aryl methyl sites for hydroxylation is 2. The Morgan fingerprint density at radius 1 is 1.23 bits per heavy atom. The van der Waals surface area contributed by atoms with E-state index in [1.807, 2.05) is 31.2 Å². The van der Waals surface area contributed by atoms with Crippen LogP contribution in [0.2, 0.25) is 0 Å². The highest BCUT2D eigenvalue weighted by atomic mass is 19.1. The number of hydrogen-bond acceptors (Lipinski definition) is 3. The Kier molecular flexibility index (Phi) is 5.25. The van der Waals surface area contributed by atoms with Gasteiger partial charge in [0.2, 0.25) is 0 Å². The van der Waals surface area contributed by atoms with Gasteiger partial charge in [-0.05, 0) is 42.7 Å². The quantitative estimate of drug-likeness (QED) is 0.679. The number of oxime groups is 1. The zero-order chi connectivity index (χ0) is 15.9. The molecule has 0 saturated carbocycles. The predicted molar refractivity (Wildman–Crippen MR) is 84.5 cm³/mol. The van der Waals surface area contributed by atoms with Crippen LogP contribution in [0.1, 0.15) is 16.7 Å². The van der Waals surface area contributed by atoms with Crippen molar-refractivity contribution in [3.8, 4) is 0 Å². The van der Waals surface area contributed by atoms with Gasteiger partial charge in [0.05, 0.1) is 6.21 Å². The molecule has 2 rings (SSSR count). The maximum atomic E-state index is 13.4. The highest BCUT2D eigenvalue weighted by molar-refractivity contribution is 5.91. The van der Waals surface area contributed by atoms with Crippen LogP contribution in [-0.2, 0) is 9.63 Å². The fraction of sp³-hybridized carbons (Fsp3) is 0.176. The summed E-state index contributed by atoms with van der Waals surface area (Å²) in [5.74, 6) is -0.763. The average Bonchev–Trinajstić information content (AvgIpc) is 2.49. The Morgan fingerprint density at radius 2 is 2.00 bits per heavy atom. The average molecular weight is 300 g/mol. The van der Waals surface area contributed by atoms with Gasteiger partial charge in [0.25, 0.3) is 5.91 Å². The van der Waals surface area contributed by atoms with E-state index in [9.17, 15) is 9.18 Å². The molecule has 22 heavy (non-hydrogen) atoms. The summed E-state index contributed by atoms with van der Waals surface area (Å²) in [6.07, 6.45) is 1.55. The standard InChI is InChI=1S/C17H17FN2O2/c1-12-5-3-4-6-14(12)10-19-22-11-17(21)20-15-8-7-13(2)16(18)9-15/h3-10H,11H2,1-2H3,(H,20,21)/b19-10-. The molecular weight excluding hydrogens is 283 g/mol. The van der Waals surface area contributed by atoms with Crippen LogP contribution in [0, 0.1) is 19.7 Å². The summed E-state index contributed by atoms with van der Waals surface area (Å²) in [6, 6.07) is 12.2. The predicted octanol–water partition coefficient (Wildman–Crippen LogP) is 3.43. The summed E-state index contributed by atoms with van der Waals surface area (Å²) < 4.78 is 13.4. The summed E-state index contributed by atoms with van der Waals surface area (Å²) in [5.41, 5.74) is 2.90. The first-order chi connectivity index (χ1) is 10.6. The fourth-order valence-corrected chi connectivity index (χ4v) is 1.79. The van der Waals surface area contributed by atoms with Gasteiger partial charge in [-0.3, -0.25) is 4.79 Å². The van der Waals surface area contributed by atoms with Gasteiger partial charge in [-0.15, -0.1) is 0 Å². The summed E-state index contributed by atoms with van der Waals surface area (Å²) in [4.78, 5) is 16.6. The summed E-state index contributed by atoms with van der Waals surface area (Å²) in [6.45, 7) is 3.38. The topological polar surface area (TPSA) is 50.7 Å². The molecule has 0 radical (unpaired) electrons. The van der Waals surface area contributed by atoms with E-state index in [1.54, 1.807) is 25.3 Å². The number of carbonyl (C=O) groups is 1. The monoisotopic (exact) mass is 300 g/mol. The SMILES string of the molecule is Cc1ccc(NC(=O)CO/N=C\c2ccccc2C)cc1F. The highest BCUT2D eigenvalue weighted by Gasteiger charge is 2.05. The lowest BCUT2D eigenvalue weighted by Crippen LogP contribution is -2.17. The lowest BCUT2D eigenvalue weighted by molar-refractivity contribution is -0.120. The van der Waals surface area contributed by atoms with Crippen LogP contribution in [0.3, 0.4) is 0 Å². The third kappa shape index (κ3) is 4.41. The van der Waals surface area contributed by atoms with E-state index in [0.29, 0.717) is 11.3 Å². The maximum absolute atomic E-state index is 13.4. The molecule has 0 aliphatic carbocycles. The van der Waals surface area contributed by atoms with E-state index in [0.717, 1.165) is 11.1 Å². The molecular formula is C17H17FN2O2. The smallest absolute Gasteiger partial charge is 0.265 e. The third-order valence-electron chi connectivity index (χ3n) is 3.11. The zero-order valence-electron chi connectivity index (χ0n) is 12.5. The van der Waals surface area contributed by atoms with Gasteiger partial charge in [-0.2, -0.15) is 0 Å². The normalized spacial score (nSPS) is 10.7. The molecule has 1 N–H and O–H groups in total. The van der Waals surface area contributed by atoms with Gasteiger partial charge in [-0.1, -0.05) is 35.5 Å². The molecule has 0 aromatic heterocycles. The van der Waals surface area contributed by atoms with Gasteiger partial charge in [0, 0.05) is 5.69 Å². The Hall–Kier alpha value is -2.69. The number of rotatable bonds is 5. The highest BCUT2D eigenvalue weighted by Crippen LogP contribution is 2.13. The first kappa shape index (κ1) is 15.7. The molecule has 5 heteroatoms. The van der Waals surface area contributed by atoms with Gasteiger partial charge in [0.1, 0.15) is 5.82 Å². The van der Waals surface area contributed by atoms with Crippen LogP contribution in [0.4, 0.5) is 10.1 Å². The molecule has 0 atom stereocenters. The first-order valence-electron chi connectivity index (χ1n) is 6.83. The number of hydrogen-bond donors (Lipinski definition) is 1. The molecule has 0 spiro atoms. The number of halogens is 1. The summed E-state index contributed by atoms with van der Waals surface area (Å²) in [7, 11) is 0. The molecule has 0 aliphatic rings. The molecule has 0 aliphatic heterocycles. The van der Waals surface area contributed by atoms with Crippen molar-refractivity contribution in [2.45, 2.75) is 13.8 Å². The number of benzene rings is 2. The van der Waals surface area contributed by atoms with E-state index in [1.165, 1.54) is 6.07 Å². The summed E-state index contributed by atoms with van der Waals surface area (Å²) in [5, 5.41) is 6.30. The van der Waals surface area contributed by atoms with Crippen molar-refractivity contribution in [2.75, 3.05) is 11.9 Å². The van der Waals surface area contributed by atoms with Crippen molar-refractivity contribution in [3.05, 3.63) is 65.0 Å². The molecule has 0 saturated heterocycles. The minimum absolute atomic E-state index is 0.238. The zero-order valence-corrected chi connectivity index (χ0v) is 12.5. The molecule has 1 amide bonds. The van der Waals surface area contributed by atoms with Crippen LogP contribution in [-0.4, -0.2) is 18.7 Å². The van der Waals surface area contributed by atoms with Crippen LogP contribution in [0.5, 0.6) is 0 Å². The Bertz CT molecular complexity index is 699. The van der Waals surface area contributed by atoms with Crippen molar-refractivity contribution in [3.63, 3.8) is 0 Å². The Balaban J connectivity index is 1.83. The molecule has 114 valence electrons. The van der Waals surface area contributed by atoms with Crippen molar-refractivity contribution in [1.29, 1.82) is 0 Å². The van der Waals surface area contributed by atoms with Crippen LogP contribution in [0.15, 0.2) is 47.6 Å². The van der Waals surface area contributed by atoms with Gasteiger partial charge >= 0.3 is 0 Å². The molecule has 0 fully saturated rings. The lowest BCUT2D eigenvalue weighted by atomic mass is 10.1. The second-order valence-electron chi connectivity index (χ2n) is 4.88. The maximum Gasteiger partial charge on any atom is 0.265 e. The van der Waals surface area contributed by atoms with Crippen molar-refractivity contribution >= 4 is 17.8 Å². The molecule has 2 aromatic rings. The number of anilines is 1. The summed E-state index contributed by atoms with van der Waals surface area (Å²) >= 11 is 0. The third-order valence-corrected chi connectivity index (χ3v) is 3.11. The van der Waals surface area contributed by atoms with E-state index >= 15 is 0 Å². The lowest BCUT2D eigenvalue weighted by Gasteiger charge is -2.05. The molecule has 0 bridgehead atoms. The number of nitrogens with one attached hydrogen (secondary N) is 1. The number of carbonyl (C=O) groups excluding carboxylic acids is 1. The minimum atomic E-state index is -0.398. The fourth-order valence-electron chi connectivity index (χ4n) is 1.79. The first-order valence-corrected chi connectivity index (χ1v) is 6.83. The van der Waals surface area contributed by atoms with Crippen molar-refractivity contribution < 1.29 is 14.0 Å². The number of nitrogens with zero attached hydrogens (tertiary/aromatic N) is 1. The van der Waals surface area contributed by atoms with Crippen LogP contribution >= 0.6 is 0 Å². The van der Waals surface area contributed by atoms with Crippen LogP contribution < -0.4 is 5.32 Å². The Labute approximate surface area is 128 Å². The molecule has 0 unspecified atom stereocenters. The van der Waals surface area contributed by atoms with Crippen molar-refractivity contribution in [1.82, 2.24) is 0 Å². The second kappa shape index (κ2) is 7.36. The van der Waals surface area contributed by atoms with E-state index in [-0.39, 0.29) is 12.4 Å². The molecule has 0 heterocycles. The largest absolute Gasteiger partial charge is 0.386 e. The second-order valence-corrected chi connectivity index (χ2v) is 4.88. The molecule has 4 nitrogen and oxygen atoms in total. The molecule has 2 aromatic carbocycles. The van der Waals surface area contributed by atoms with Gasteiger partial charge in [0.15, 0.2) is 6.61 Å². The van der Waals surface area contributed by atoms with E-state index in [4.69, 9.17) is 4.84 Å². The van der Waals surface area contributed by atoms with Crippen LogP contribution in [0.25, 0.3) is 0 Å². The Morgan fingerprint density at radius 3 is 2.73 bits per heavy atom. The minimum Gasteiger partial charge on any atom is -0.386 e. The van der Waals surface area contributed by atoms with E-state index in [2.05, 4.69) is 10.5 Å². The van der Waals surface area contributed by atoms with Gasteiger partial charge in [-0.25, -0.2) is 4.39 Å². The van der Waals surface area contributed by atoms with Crippen molar-refractivity contribution in [2.24, 2.45) is 5.16 Å². The van der Waals surface area contributed by atoms with Gasteiger partial charge < -0.3 is 10.2 Å². The van der Waals surface area contributed by atoms with E-state index < -0.39 is 5.91 Å². The number of amides is 1.